The van der Waals surface area contributed by atoms with Gasteiger partial charge in [-0.05, 0) is 30.3 Å². The first-order valence-electron chi connectivity index (χ1n) is 7.59. The van der Waals surface area contributed by atoms with Crippen LogP contribution in [0.1, 0.15) is 24.5 Å². The molecule has 0 fully saturated rings. The molecule has 3 rings (SSSR count). The number of thiazole rings is 1. The fraction of sp³-hybridized carbons (Fsp3) is 0.312. The summed E-state index contributed by atoms with van der Waals surface area (Å²) in [5.41, 5.74) is 0.668. The van der Waals surface area contributed by atoms with Crippen LogP contribution < -0.4 is 4.72 Å². The molecule has 0 aliphatic carbocycles. The van der Waals surface area contributed by atoms with E-state index in [1.807, 2.05) is 13.0 Å². The summed E-state index contributed by atoms with van der Waals surface area (Å²) in [6.45, 7) is 2.12. The lowest BCUT2D eigenvalue weighted by Gasteiger charge is -2.16. The molecule has 0 amide bonds. The molecule has 6 nitrogen and oxygen atoms in total. The van der Waals surface area contributed by atoms with Gasteiger partial charge in [0.2, 0.25) is 10.0 Å². The zero-order chi connectivity index (χ0) is 18.0. The summed E-state index contributed by atoms with van der Waals surface area (Å²) in [5, 5.41) is 0. The Bertz CT molecular complexity index is 981. The molecule has 0 aliphatic heterocycles. The second-order valence-corrected chi connectivity index (χ2v) is 8.71. The first-order valence-corrected chi connectivity index (χ1v) is 10.3. The number of fused-ring (bicyclic) bond motifs is 1. The molecule has 1 aromatic carbocycles. The fourth-order valence-electron chi connectivity index (χ4n) is 2.41. The summed E-state index contributed by atoms with van der Waals surface area (Å²) in [5.74, 6) is 1.31. The number of nitrogens with zero attached hydrogens (tertiary/aromatic N) is 1. The van der Waals surface area contributed by atoms with E-state index in [9.17, 15) is 8.42 Å². The molecule has 1 N–H and O–H groups in total. The zero-order valence-corrected chi connectivity index (χ0v) is 16.0. The molecule has 0 saturated carbocycles. The van der Waals surface area contributed by atoms with Crippen LogP contribution in [0.3, 0.4) is 0 Å². The third-order valence-corrected chi connectivity index (χ3v) is 6.24. The summed E-state index contributed by atoms with van der Waals surface area (Å²) in [7, 11) is -2.25. The van der Waals surface area contributed by atoms with E-state index < -0.39 is 16.1 Å². The molecule has 25 heavy (non-hydrogen) atoms. The quantitative estimate of drug-likeness (QED) is 0.652. The molecule has 1 atom stereocenters. The Kier molecular flexibility index (Phi) is 5.45. The summed E-state index contributed by atoms with van der Waals surface area (Å²) < 4.78 is 40.1. The predicted molar refractivity (Wildman–Crippen MR) is 97.7 cm³/mol. The van der Waals surface area contributed by atoms with E-state index in [1.54, 1.807) is 18.2 Å². The molecule has 2 heterocycles. The van der Waals surface area contributed by atoms with E-state index in [-0.39, 0.29) is 11.5 Å². The number of ether oxygens (including phenoxy) is 1. The topological polar surface area (TPSA) is 81.4 Å². The van der Waals surface area contributed by atoms with Gasteiger partial charge in [-0.15, -0.1) is 11.3 Å². The van der Waals surface area contributed by atoms with Gasteiger partial charge in [-0.25, -0.2) is 13.4 Å². The highest BCUT2D eigenvalue weighted by atomic mass is 35.5. The maximum atomic E-state index is 12.8. The SMILES string of the molecule is CCc1ccc([C@H](COC)NS(=O)(=O)c2ccc3nc(Cl)sc3c2)o1. The van der Waals surface area contributed by atoms with Gasteiger partial charge in [-0.1, -0.05) is 18.5 Å². The van der Waals surface area contributed by atoms with E-state index in [4.69, 9.17) is 20.8 Å². The Morgan fingerprint density at radius 3 is 2.84 bits per heavy atom. The smallest absolute Gasteiger partial charge is 0.241 e. The third-order valence-electron chi connectivity index (χ3n) is 3.65. The van der Waals surface area contributed by atoms with Gasteiger partial charge in [-0.2, -0.15) is 4.72 Å². The fourth-order valence-corrected chi connectivity index (χ4v) is 4.77. The number of benzene rings is 1. The van der Waals surface area contributed by atoms with Crippen molar-refractivity contribution in [3.63, 3.8) is 0 Å². The zero-order valence-electron chi connectivity index (χ0n) is 13.7. The van der Waals surface area contributed by atoms with Crippen LogP contribution in [0.4, 0.5) is 0 Å². The van der Waals surface area contributed by atoms with Crippen molar-refractivity contribution in [1.82, 2.24) is 9.71 Å². The van der Waals surface area contributed by atoms with Crippen molar-refractivity contribution in [3.8, 4) is 0 Å². The van der Waals surface area contributed by atoms with Gasteiger partial charge in [0, 0.05) is 13.5 Å². The number of methoxy groups -OCH3 is 1. The van der Waals surface area contributed by atoms with Crippen molar-refractivity contribution in [2.75, 3.05) is 13.7 Å². The lowest BCUT2D eigenvalue weighted by atomic mass is 10.2. The average Bonchev–Trinajstić information content (AvgIpc) is 3.18. The lowest BCUT2D eigenvalue weighted by Crippen LogP contribution is -2.31. The van der Waals surface area contributed by atoms with Gasteiger partial charge in [0.15, 0.2) is 4.47 Å². The number of nitrogens with one attached hydrogen (secondary N) is 1. The summed E-state index contributed by atoms with van der Waals surface area (Å²) in [6, 6.07) is 7.68. The van der Waals surface area contributed by atoms with Crippen LogP contribution in [-0.2, 0) is 21.2 Å². The molecule has 2 aromatic heterocycles. The van der Waals surface area contributed by atoms with E-state index in [0.717, 1.165) is 12.2 Å². The number of aromatic nitrogens is 1. The summed E-state index contributed by atoms with van der Waals surface area (Å²) in [6.07, 6.45) is 0.731. The van der Waals surface area contributed by atoms with Gasteiger partial charge in [-0.3, -0.25) is 0 Å². The van der Waals surface area contributed by atoms with Gasteiger partial charge in [0.05, 0.1) is 21.7 Å². The number of aryl methyl sites for hydroxylation is 1. The number of hydrogen-bond acceptors (Lipinski definition) is 6. The van der Waals surface area contributed by atoms with Crippen molar-refractivity contribution in [3.05, 3.63) is 46.3 Å². The van der Waals surface area contributed by atoms with Crippen LogP contribution in [-0.4, -0.2) is 27.1 Å². The highest BCUT2D eigenvalue weighted by Crippen LogP contribution is 2.28. The number of hydrogen-bond donors (Lipinski definition) is 1. The minimum absolute atomic E-state index is 0.142. The van der Waals surface area contributed by atoms with Gasteiger partial charge in [0.1, 0.15) is 17.6 Å². The van der Waals surface area contributed by atoms with E-state index >= 15 is 0 Å². The van der Waals surface area contributed by atoms with Crippen LogP contribution in [0.2, 0.25) is 4.47 Å². The second kappa shape index (κ2) is 7.43. The second-order valence-electron chi connectivity index (χ2n) is 5.38. The molecule has 9 heteroatoms. The molecule has 3 aromatic rings. The number of furan rings is 1. The first kappa shape index (κ1) is 18.3. The molecule has 0 aliphatic rings. The van der Waals surface area contributed by atoms with Crippen molar-refractivity contribution in [2.45, 2.75) is 24.3 Å². The minimum Gasteiger partial charge on any atom is -0.464 e. The van der Waals surface area contributed by atoms with Crippen molar-refractivity contribution in [2.24, 2.45) is 0 Å². The third kappa shape index (κ3) is 4.04. The highest BCUT2D eigenvalue weighted by molar-refractivity contribution is 7.89. The number of sulfonamides is 1. The van der Waals surface area contributed by atoms with Crippen molar-refractivity contribution < 1.29 is 17.6 Å². The van der Waals surface area contributed by atoms with E-state index in [2.05, 4.69) is 9.71 Å². The van der Waals surface area contributed by atoms with Crippen LogP contribution >= 0.6 is 22.9 Å². The normalized spacial score (nSPS) is 13.4. The van der Waals surface area contributed by atoms with Gasteiger partial charge < -0.3 is 9.15 Å². The Labute approximate surface area is 154 Å². The van der Waals surface area contributed by atoms with Crippen LogP contribution in [0, 0.1) is 0 Å². The monoisotopic (exact) mass is 400 g/mol. The van der Waals surface area contributed by atoms with Crippen LogP contribution in [0.5, 0.6) is 0 Å². The Morgan fingerprint density at radius 2 is 2.16 bits per heavy atom. The minimum atomic E-state index is -3.76. The Hall–Kier alpha value is -1.45. The van der Waals surface area contributed by atoms with Crippen LogP contribution in [0.15, 0.2) is 39.6 Å². The van der Waals surface area contributed by atoms with Crippen molar-refractivity contribution in [1.29, 1.82) is 0 Å². The lowest BCUT2D eigenvalue weighted by molar-refractivity contribution is 0.166. The molecule has 0 unspecified atom stereocenters. The Balaban J connectivity index is 1.90. The van der Waals surface area contributed by atoms with E-state index in [0.29, 0.717) is 20.4 Å². The number of halogens is 1. The first-order chi connectivity index (χ1) is 11.9. The molecule has 0 saturated heterocycles. The van der Waals surface area contributed by atoms with Gasteiger partial charge >= 0.3 is 0 Å². The molecular formula is C16H17ClN2O4S2. The molecule has 134 valence electrons. The highest BCUT2D eigenvalue weighted by Gasteiger charge is 2.24. The average molecular weight is 401 g/mol. The number of rotatable bonds is 7. The summed E-state index contributed by atoms with van der Waals surface area (Å²) in [4.78, 5) is 4.26. The standard InChI is InChI=1S/C16H17ClN2O4S2/c1-3-10-4-7-14(23-10)13(9-22-2)19-25(20,21)11-5-6-12-15(8-11)24-16(17)18-12/h4-8,13,19H,3,9H2,1-2H3/t13-/m0/s1. The Morgan fingerprint density at radius 1 is 1.36 bits per heavy atom. The largest absolute Gasteiger partial charge is 0.464 e. The van der Waals surface area contributed by atoms with Gasteiger partial charge in [0.25, 0.3) is 0 Å². The predicted octanol–water partition coefficient (Wildman–Crippen LogP) is 3.77. The van der Waals surface area contributed by atoms with Crippen molar-refractivity contribution >= 4 is 43.2 Å². The maximum absolute atomic E-state index is 12.8. The maximum Gasteiger partial charge on any atom is 0.241 e. The summed E-state index contributed by atoms with van der Waals surface area (Å²) >= 11 is 7.12. The molecular weight excluding hydrogens is 384 g/mol. The molecule has 0 spiro atoms. The molecule has 0 radical (unpaired) electrons. The molecule has 0 bridgehead atoms. The van der Waals surface area contributed by atoms with E-state index in [1.165, 1.54) is 24.5 Å². The van der Waals surface area contributed by atoms with Crippen LogP contribution in [0.25, 0.3) is 10.2 Å².